The van der Waals surface area contributed by atoms with Gasteiger partial charge in [0.1, 0.15) is 0 Å². The van der Waals surface area contributed by atoms with Crippen molar-refractivity contribution in [3.63, 3.8) is 0 Å². The summed E-state index contributed by atoms with van der Waals surface area (Å²) in [6.45, 7) is 0. The number of fused-ring (bicyclic) bond motifs is 1. The van der Waals surface area contributed by atoms with Gasteiger partial charge >= 0.3 is 0 Å². The first kappa shape index (κ1) is 28.1. The van der Waals surface area contributed by atoms with Crippen molar-refractivity contribution in [2.75, 3.05) is 5.73 Å². The van der Waals surface area contributed by atoms with Gasteiger partial charge in [-0.1, -0.05) is 164 Å². The van der Waals surface area contributed by atoms with Crippen LogP contribution in [0.5, 0.6) is 0 Å². The molecule has 0 fully saturated rings. The SMILES string of the molecule is Nc1ccccc1-c1ccc(-c2ccc3ccccc3c2-c2ccc(-c3nc(-c4ccccc4)nc(-c4ccccc4)n3)cc2)cc1. The third-order valence-electron chi connectivity index (χ3n) is 8.53. The Labute approximate surface area is 273 Å². The van der Waals surface area contributed by atoms with Gasteiger partial charge in [-0.25, -0.2) is 15.0 Å². The van der Waals surface area contributed by atoms with Crippen molar-refractivity contribution >= 4 is 16.5 Å². The average Bonchev–Trinajstić information content (AvgIpc) is 3.15. The van der Waals surface area contributed by atoms with Crippen LogP contribution in [0.25, 0.3) is 78.3 Å². The van der Waals surface area contributed by atoms with E-state index < -0.39 is 0 Å². The molecule has 8 rings (SSSR count). The molecule has 0 radical (unpaired) electrons. The van der Waals surface area contributed by atoms with E-state index in [4.69, 9.17) is 20.7 Å². The van der Waals surface area contributed by atoms with Gasteiger partial charge in [0.15, 0.2) is 17.5 Å². The van der Waals surface area contributed by atoms with Gasteiger partial charge in [-0.05, 0) is 44.7 Å². The molecule has 1 aromatic heterocycles. The molecule has 0 atom stereocenters. The Morgan fingerprint density at radius 1 is 0.319 bits per heavy atom. The minimum absolute atomic E-state index is 0.637. The lowest BCUT2D eigenvalue weighted by atomic mass is 9.89. The molecule has 4 nitrogen and oxygen atoms in total. The summed E-state index contributed by atoms with van der Waals surface area (Å²) in [5, 5.41) is 2.40. The first-order valence-corrected chi connectivity index (χ1v) is 15.7. The first-order valence-electron chi connectivity index (χ1n) is 15.7. The van der Waals surface area contributed by atoms with Crippen LogP contribution in [0.3, 0.4) is 0 Å². The van der Waals surface area contributed by atoms with E-state index in [0.717, 1.165) is 44.6 Å². The Hall–Kier alpha value is -6.39. The molecular formula is C43H30N4. The van der Waals surface area contributed by atoms with E-state index in [9.17, 15) is 0 Å². The molecule has 0 saturated heterocycles. The molecule has 0 unspecified atom stereocenters. The number of anilines is 1. The Morgan fingerprint density at radius 2 is 0.766 bits per heavy atom. The number of hydrogen-bond acceptors (Lipinski definition) is 4. The van der Waals surface area contributed by atoms with E-state index in [-0.39, 0.29) is 0 Å². The zero-order chi connectivity index (χ0) is 31.6. The molecule has 1 heterocycles. The van der Waals surface area contributed by atoms with Crippen molar-refractivity contribution < 1.29 is 0 Å². The zero-order valence-corrected chi connectivity index (χ0v) is 25.6. The fourth-order valence-electron chi connectivity index (χ4n) is 6.14. The summed E-state index contributed by atoms with van der Waals surface area (Å²) in [4.78, 5) is 14.7. The van der Waals surface area contributed by atoms with Gasteiger partial charge in [0.25, 0.3) is 0 Å². The van der Waals surface area contributed by atoms with Crippen LogP contribution >= 0.6 is 0 Å². The van der Waals surface area contributed by atoms with Crippen LogP contribution in [0.2, 0.25) is 0 Å². The quantitative estimate of drug-likeness (QED) is 0.192. The van der Waals surface area contributed by atoms with Crippen LogP contribution in [0.1, 0.15) is 0 Å². The topological polar surface area (TPSA) is 64.7 Å². The highest BCUT2D eigenvalue weighted by Gasteiger charge is 2.15. The van der Waals surface area contributed by atoms with Crippen molar-refractivity contribution in [3.05, 3.63) is 170 Å². The Bertz CT molecular complexity index is 2270. The van der Waals surface area contributed by atoms with E-state index >= 15 is 0 Å². The first-order chi connectivity index (χ1) is 23.2. The minimum Gasteiger partial charge on any atom is -0.398 e. The van der Waals surface area contributed by atoms with E-state index in [0.29, 0.717) is 17.5 Å². The lowest BCUT2D eigenvalue weighted by Gasteiger charge is -2.15. The molecule has 0 saturated carbocycles. The van der Waals surface area contributed by atoms with Crippen molar-refractivity contribution in [1.29, 1.82) is 0 Å². The van der Waals surface area contributed by atoms with Gasteiger partial charge in [0.2, 0.25) is 0 Å². The lowest BCUT2D eigenvalue weighted by Crippen LogP contribution is -2.00. The number of hydrogen-bond donors (Lipinski definition) is 1. The third-order valence-corrected chi connectivity index (χ3v) is 8.53. The summed E-state index contributed by atoms with van der Waals surface area (Å²) in [6.07, 6.45) is 0. The van der Waals surface area contributed by atoms with Crippen LogP contribution in [-0.2, 0) is 0 Å². The summed E-state index contributed by atoms with van der Waals surface area (Å²) in [7, 11) is 0. The van der Waals surface area contributed by atoms with E-state index in [1.54, 1.807) is 0 Å². The van der Waals surface area contributed by atoms with Crippen molar-refractivity contribution in [2.24, 2.45) is 0 Å². The predicted octanol–water partition coefficient (Wildman–Crippen LogP) is 10.6. The molecule has 4 heteroatoms. The zero-order valence-electron chi connectivity index (χ0n) is 25.6. The molecule has 2 N–H and O–H groups in total. The van der Waals surface area contributed by atoms with Crippen molar-refractivity contribution in [2.45, 2.75) is 0 Å². The molecule has 0 spiro atoms. The number of para-hydroxylation sites is 1. The molecule has 222 valence electrons. The van der Waals surface area contributed by atoms with Gasteiger partial charge in [-0.15, -0.1) is 0 Å². The maximum Gasteiger partial charge on any atom is 0.164 e. The molecule has 7 aromatic carbocycles. The van der Waals surface area contributed by atoms with Crippen LogP contribution in [-0.4, -0.2) is 15.0 Å². The molecule has 47 heavy (non-hydrogen) atoms. The number of aromatic nitrogens is 3. The molecule has 0 amide bonds. The highest BCUT2D eigenvalue weighted by molar-refractivity contribution is 6.04. The third kappa shape index (κ3) is 5.54. The molecule has 0 aliphatic heterocycles. The number of benzene rings is 7. The fraction of sp³-hybridized carbons (Fsp3) is 0. The molecule has 8 aromatic rings. The summed E-state index contributed by atoms with van der Waals surface area (Å²) < 4.78 is 0. The number of rotatable bonds is 6. The largest absolute Gasteiger partial charge is 0.398 e. The lowest BCUT2D eigenvalue weighted by molar-refractivity contribution is 1.07. The van der Waals surface area contributed by atoms with Crippen molar-refractivity contribution in [3.8, 4) is 67.5 Å². The second kappa shape index (κ2) is 12.2. The maximum absolute atomic E-state index is 6.28. The smallest absolute Gasteiger partial charge is 0.164 e. The molecule has 0 aliphatic carbocycles. The minimum atomic E-state index is 0.637. The monoisotopic (exact) mass is 602 g/mol. The van der Waals surface area contributed by atoms with Gasteiger partial charge in [0, 0.05) is 27.9 Å². The van der Waals surface area contributed by atoms with Gasteiger partial charge in [0.05, 0.1) is 0 Å². The molecule has 0 aliphatic rings. The predicted molar refractivity (Wildman–Crippen MR) is 194 cm³/mol. The van der Waals surface area contributed by atoms with E-state index in [2.05, 4.69) is 91.0 Å². The number of nitrogens with zero attached hydrogens (tertiary/aromatic N) is 3. The normalized spacial score (nSPS) is 11.1. The number of nitrogen functional groups attached to an aromatic ring is 1. The van der Waals surface area contributed by atoms with Gasteiger partial charge < -0.3 is 5.73 Å². The summed E-state index contributed by atoms with van der Waals surface area (Å²) in [5.74, 6) is 1.93. The van der Waals surface area contributed by atoms with Crippen LogP contribution in [0, 0.1) is 0 Å². The second-order valence-electron chi connectivity index (χ2n) is 11.5. The Morgan fingerprint density at radius 3 is 1.36 bits per heavy atom. The summed E-state index contributed by atoms with van der Waals surface area (Å²) in [6, 6.07) is 58.3. The van der Waals surface area contributed by atoms with Crippen LogP contribution in [0.4, 0.5) is 5.69 Å². The average molecular weight is 603 g/mol. The highest BCUT2D eigenvalue weighted by atomic mass is 15.0. The van der Waals surface area contributed by atoms with E-state index in [1.165, 1.54) is 21.9 Å². The Kier molecular flexibility index (Phi) is 7.29. The van der Waals surface area contributed by atoms with Crippen molar-refractivity contribution in [1.82, 2.24) is 15.0 Å². The van der Waals surface area contributed by atoms with Crippen LogP contribution < -0.4 is 5.73 Å². The second-order valence-corrected chi connectivity index (χ2v) is 11.5. The van der Waals surface area contributed by atoms with E-state index in [1.807, 2.05) is 78.9 Å². The molecular weight excluding hydrogens is 573 g/mol. The van der Waals surface area contributed by atoms with Crippen LogP contribution in [0.15, 0.2) is 170 Å². The maximum atomic E-state index is 6.28. The summed E-state index contributed by atoms with van der Waals surface area (Å²) >= 11 is 0. The van der Waals surface area contributed by atoms with Gasteiger partial charge in [-0.2, -0.15) is 0 Å². The van der Waals surface area contributed by atoms with Gasteiger partial charge in [-0.3, -0.25) is 0 Å². The number of nitrogens with two attached hydrogens (primary N) is 1. The standard InChI is InChI=1S/C43H30N4/c44-39-18-10-9-16-36(39)30-19-21-31(22-20-30)38-28-27-29-11-7-8-17-37(29)40(38)32-23-25-35(26-24-32)43-46-41(33-12-3-1-4-13-33)45-42(47-43)34-14-5-2-6-15-34/h1-28H,44H2. The summed E-state index contributed by atoms with van der Waals surface area (Å²) in [5.41, 5.74) is 16.6. The highest BCUT2D eigenvalue weighted by Crippen LogP contribution is 2.40. The molecule has 0 bridgehead atoms. The Balaban J connectivity index is 1.22. The fourth-order valence-corrected chi connectivity index (χ4v) is 6.14.